The van der Waals surface area contributed by atoms with Gasteiger partial charge in [-0.25, -0.2) is 8.78 Å². The standard InChI is InChI=1S/C14H19F2N5S.ClH/c1-22-11-4-2-10(3-5-11)19-12(17)20-13(18)21-8-6-14(15,16)7-9-21;/h2-5H,6-9H2,1H3,(H4,17,18,19,20);1H. The van der Waals surface area contributed by atoms with Crippen molar-refractivity contribution >= 4 is 41.8 Å². The zero-order valence-electron chi connectivity index (χ0n) is 12.7. The highest BCUT2D eigenvalue weighted by Crippen LogP contribution is 2.27. The topological polar surface area (TPSA) is 75.0 Å². The van der Waals surface area contributed by atoms with E-state index in [1.165, 1.54) is 4.90 Å². The van der Waals surface area contributed by atoms with Crippen molar-refractivity contribution in [2.45, 2.75) is 23.7 Å². The van der Waals surface area contributed by atoms with Crippen LogP contribution in [-0.2, 0) is 0 Å². The van der Waals surface area contributed by atoms with Crippen molar-refractivity contribution in [2.24, 2.45) is 0 Å². The van der Waals surface area contributed by atoms with Crippen LogP contribution in [0.15, 0.2) is 29.2 Å². The van der Waals surface area contributed by atoms with Crippen LogP contribution in [0.3, 0.4) is 0 Å². The van der Waals surface area contributed by atoms with Crippen LogP contribution in [0.1, 0.15) is 12.8 Å². The molecule has 0 radical (unpaired) electrons. The van der Waals surface area contributed by atoms with Crippen molar-refractivity contribution in [1.82, 2.24) is 10.2 Å². The predicted molar refractivity (Wildman–Crippen MR) is 93.4 cm³/mol. The molecule has 128 valence electrons. The van der Waals surface area contributed by atoms with E-state index >= 15 is 0 Å². The molecule has 5 nitrogen and oxygen atoms in total. The summed E-state index contributed by atoms with van der Waals surface area (Å²) in [5.41, 5.74) is 0.730. The van der Waals surface area contributed by atoms with Crippen molar-refractivity contribution < 1.29 is 8.78 Å². The summed E-state index contributed by atoms with van der Waals surface area (Å²) in [7, 11) is 0. The number of rotatable bonds is 2. The van der Waals surface area contributed by atoms with Crippen molar-refractivity contribution in [3.8, 4) is 0 Å². The Balaban J connectivity index is 0.00000264. The Morgan fingerprint density at radius 3 is 2.26 bits per heavy atom. The highest BCUT2D eigenvalue weighted by molar-refractivity contribution is 7.98. The van der Waals surface area contributed by atoms with E-state index in [0.717, 1.165) is 10.6 Å². The van der Waals surface area contributed by atoms with Crippen molar-refractivity contribution in [1.29, 1.82) is 10.8 Å². The Labute approximate surface area is 144 Å². The van der Waals surface area contributed by atoms with Crippen molar-refractivity contribution in [3.05, 3.63) is 24.3 Å². The molecule has 1 saturated heterocycles. The van der Waals surface area contributed by atoms with Gasteiger partial charge in [0.2, 0.25) is 0 Å². The summed E-state index contributed by atoms with van der Waals surface area (Å²) >= 11 is 1.63. The minimum Gasteiger partial charge on any atom is -0.342 e. The number of piperidine rings is 1. The molecule has 0 aromatic heterocycles. The van der Waals surface area contributed by atoms with Crippen LogP contribution in [0.4, 0.5) is 14.5 Å². The fourth-order valence-corrected chi connectivity index (χ4v) is 2.51. The molecule has 0 bridgehead atoms. The number of halogens is 3. The van der Waals surface area contributed by atoms with E-state index in [0.29, 0.717) is 0 Å². The molecule has 1 aromatic rings. The maximum Gasteiger partial charge on any atom is 0.251 e. The summed E-state index contributed by atoms with van der Waals surface area (Å²) in [6.07, 6.45) is 1.47. The molecular formula is C14H20ClF2N5S. The Kier molecular flexibility index (Phi) is 7.08. The molecule has 0 unspecified atom stereocenters. The average Bonchev–Trinajstić information content (AvgIpc) is 2.47. The molecule has 0 saturated carbocycles. The van der Waals surface area contributed by atoms with Crippen LogP contribution in [0, 0.1) is 10.8 Å². The van der Waals surface area contributed by atoms with Gasteiger partial charge in [-0.3, -0.25) is 16.1 Å². The van der Waals surface area contributed by atoms with Gasteiger partial charge in [0.25, 0.3) is 5.92 Å². The average molecular weight is 364 g/mol. The molecule has 1 fully saturated rings. The summed E-state index contributed by atoms with van der Waals surface area (Å²) in [4.78, 5) is 2.64. The van der Waals surface area contributed by atoms with Gasteiger partial charge in [-0.15, -0.1) is 24.2 Å². The Bertz CT molecular complexity index is 543. The van der Waals surface area contributed by atoms with Crippen LogP contribution >= 0.6 is 24.2 Å². The zero-order valence-corrected chi connectivity index (χ0v) is 14.3. The molecular weight excluding hydrogens is 344 g/mol. The maximum atomic E-state index is 13.1. The minimum absolute atomic E-state index is 0. The first-order chi connectivity index (χ1) is 10.4. The molecule has 1 aromatic carbocycles. The van der Waals surface area contributed by atoms with Crippen molar-refractivity contribution in [3.63, 3.8) is 0 Å². The van der Waals surface area contributed by atoms with Crippen LogP contribution < -0.4 is 10.6 Å². The van der Waals surface area contributed by atoms with Gasteiger partial charge in [0.15, 0.2) is 11.9 Å². The van der Waals surface area contributed by atoms with Gasteiger partial charge in [0.1, 0.15) is 0 Å². The number of hydrogen-bond acceptors (Lipinski definition) is 3. The molecule has 1 heterocycles. The number of hydrogen-bond donors (Lipinski definition) is 4. The lowest BCUT2D eigenvalue weighted by Crippen LogP contribution is -2.50. The van der Waals surface area contributed by atoms with Gasteiger partial charge in [-0.1, -0.05) is 0 Å². The monoisotopic (exact) mass is 363 g/mol. The highest BCUT2D eigenvalue weighted by atomic mass is 35.5. The summed E-state index contributed by atoms with van der Waals surface area (Å²) < 4.78 is 26.2. The van der Waals surface area contributed by atoms with Crippen LogP contribution in [0.5, 0.6) is 0 Å². The number of alkyl halides is 2. The summed E-state index contributed by atoms with van der Waals surface area (Å²) in [5, 5.41) is 21.1. The van der Waals surface area contributed by atoms with Gasteiger partial charge >= 0.3 is 0 Å². The minimum atomic E-state index is -2.64. The lowest BCUT2D eigenvalue weighted by Gasteiger charge is -2.33. The molecule has 1 aliphatic rings. The van der Waals surface area contributed by atoms with Crippen LogP contribution in [-0.4, -0.2) is 42.1 Å². The van der Waals surface area contributed by atoms with E-state index in [1.54, 1.807) is 11.8 Å². The first kappa shape index (κ1) is 19.5. The molecule has 4 N–H and O–H groups in total. The molecule has 0 aliphatic carbocycles. The first-order valence-corrected chi connectivity index (χ1v) is 8.10. The van der Waals surface area contributed by atoms with E-state index in [4.69, 9.17) is 10.8 Å². The number of thioether (sulfide) groups is 1. The van der Waals surface area contributed by atoms with Gasteiger partial charge in [-0.05, 0) is 30.5 Å². The molecule has 0 spiro atoms. The lowest BCUT2D eigenvalue weighted by atomic mass is 10.1. The van der Waals surface area contributed by atoms with Crippen molar-refractivity contribution in [2.75, 3.05) is 24.7 Å². The second-order valence-corrected chi connectivity index (χ2v) is 5.92. The van der Waals surface area contributed by atoms with E-state index in [2.05, 4.69) is 10.6 Å². The number of benzene rings is 1. The second-order valence-electron chi connectivity index (χ2n) is 5.05. The third kappa shape index (κ3) is 5.87. The van der Waals surface area contributed by atoms with E-state index in [1.807, 2.05) is 30.5 Å². The second kappa shape index (κ2) is 8.35. The normalized spacial score (nSPS) is 16.2. The number of nitrogens with zero attached hydrogens (tertiary/aromatic N) is 1. The first-order valence-electron chi connectivity index (χ1n) is 6.87. The molecule has 23 heavy (non-hydrogen) atoms. The van der Waals surface area contributed by atoms with Gasteiger partial charge in [0, 0.05) is 36.5 Å². The van der Waals surface area contributed by atoms with E-state index in [9.17, 15) is 8.78 Å². The summed E-state index contributed by atoms with van der Waals surface area (Å²) in [6.45, 7) is 0.239. The number of anilines is 1. The summed E-state index contributed by atoms with van der Waals surface area (Å²) in [5.74, 6) is -2.73. The van der Waals surface area contributed by atoms with Gasteiger partial charge in [0.05, 0.1) is 0 Å². The van der Waals surface area contributed by atoms with Crippen LogP contribution in [0.25, 0.3) is 0 Å². The van der Waals surface area contributed by atoms with E-state index < -0.39 is 5.92 Å². The molecule has 9 heteroatoms. The highest BCUT2D eigenvalue weighted by Gasteiger charge is 2.34. The van der Waals surface area contributed by atoms with Crippen LogP contribution in [0.2, 0.25) is 0 Å². The molecule has 2 rings (SSSR count). The molecule has 1 aliphatic heterocycles. The predicted octanol–water partition coefficient (Wildman–Crippen LogP) is 3.43. The lowest BCUT2D eigenvalue weighted by molar-refractivity contribution is -0.0438. The number of guanidine groups is 2. The zero-order chi connectivity index (χ0) is 16.2. The quantitative estimate of drug-likeness (QED) is 0.369. The SMILES string of the molecule is CSc1ccc(NC(=N)NC(=N)N2CCC(F)(F)CC2)cc1.Cl. The third-order valence-electron chi connectivity index (χ3n) is 3.41. The van der Waals surface area contributed by atoms with Gasteiger partial charge < -0.3 is 10.2 Å². The summed E-state index contributed by atoms with van der Waals surface area (Å²) in [6, 6.07) is 7.54. The Morgan fingerprint density at radius 2 is 1.74 bits per heavy atom. The fraction of sp³-hybridized carbons (Fsp3) is 0.429. The van der Waals surface area contributed by atoms with Gasteiger partial charge in [-0.2, -0.15) is 0 Å². The Hall–Kier alpha value is -1.54. The largest absolute Gasteiger partial charge is 0.342 e. The van der Waals surface area contributed by atoms with E-state index in [-0.39, 0.29) is 50.3 Å². The maximum absolute atomic E-state index is 13.1. The number of likely N-dealkylation sites (tertiary alicyclic amines) is 1. The third-order valence-corrected chi connectivity index (χ3v) is 4.16. The fourth-order valence-electron chi connectivity index (χ4n) is 2.10. The molecule has 0 amide bonds. The smallest absolute Gasteiger partial charge is 0.251 e. The Morgan fingerprint density at radius 1 is 1.17 bits per heavy atom. The molecule has 0 atom stereocenters. The number of nitrogens with one attached hydrogen (secondary N) is 4.